The van der Waals surface area contributed by atoms with Crippen molar-refractivity contribution in [2.24, 2.45) is 5.92 Å². The molecular weight excluding hydrogens is 236 g/mol. The van der Waals surface area contributed by atoms with Gasteiger partial charge >= 0.3 is 0 Å². The monoisotopic (exact) mass is 258 g/mol. The minimum Gasteiger partial charge on any atom is -0.339 e. The number of hydrogen-bond donors (Lipinski definition) is 0. The Morgan fingerprint density at radius 1 is 1.12 bits per heavy atom. The van der Waals surface area contributed by atoms with E-state index in [1.54, 1.807) is 23.6 Å². The van der Waals surface area contributed by atoms with Gasteiger partial charge in [-0.2, -0.15) is 11.8 Å². The molecule has 0 radical (unpaired) electrons. The maximum absolute atomic E-state index is 11.9. The highest BCUT2D eigenvalue weighted by atomic mass is 32.2. The van der Waals surface area contributed by atoms with Crippen LogP contribution in [0, 0.1) is 5.92 Å². The summed E-state index contributed by atoms with van der Waals surface area (Å²) < 4.78 is 0. The van der Waals surface area contributed by atoms with E-state index in [9.17, 15) is 9.59 Å². The molecule has 98 valence electrons. The average molecular weight is 258 g/mol. The highest BCUT2D eigenvalue weighted by Gasteiger charge is 2.21. The van der Waals surface area contributed by atoms with Crippen LogP contribution in [0.1, 0.15) is 20.8 Å². The summed E-state index contributed by atoms with van der Waals surface area (Å²) in [6, 6.07) is 0. The summed E-state index contributed by atoms with van der Waals surface area (Å²) in [6.07, 6.45) is 0. The molecule has 1 aliphatic rings. The fourth-order valence-electron chi connectivity index (χ4n) is 1.74. The lowest BCUT2D eigenvalue weighted by Gasteiger charge is -2.34. The highest BCUT2D eigenvalue weighted by molar-refractivity contribution is 7.99. The van der Waals surface area contributed by atoms with Crippen LogP contribution in [-0.4, -0.2) is 59.3 Å². The van der Waals surface area contributed by atoms with Gasteiger partial charge in [-0.15, -0.1) is 0 Å². The van der Waals surface area contributed by atoms with E-state index < -0.39 is 0 Å². The molecule has 1 fully saturated rings. The predicted molar refractivity (Wildman–Crippen MR) is 71.0 cm³/mol. The van der Waals surface area contributed by atoms with Crippen LogP contribution in [0.5, 0.6) is 0 Å². The zero-order valence-corrected chi connectivity index (χ0v) is 11.8. The molecule has 2 amide bonds. The summed E-state index contributed by atoms with van der Waals surface area (Å²) >= 11 is 1.70. The Balaban J connectivity index is 2.24. The first-order chi connectivity index (χ1) is 8.00. The molecule has 0 bridgehead atoms. The van der Waals surface area contributed by atoms with E-state index in [2.05, 4.69) is 13.8 Å². The summed E-state index contributed by atoms with van der Waals surface area (Å²) in [5.74, 6) is 2.53. The molecule has 1 heterocycles. The Morgan fingerprint density at radius 3 is 2.12 bits per heavy atom. The number of carbonyl (C=O) groups excluding carboxylic acids is 2. The largest absolute Gasteiger partial charge is 0.339 e. The SMILES string of the molecule is CC(=O)N1CCN(C(=O)CSCC(C)C)CC1. The van der Waals surface area contributed by atoms with Gasteiger partial charge in [0.2, 0.25) is 11.8 Å². The second kappa shape index (κ2) is 6.89. The minimum atomic E-state index is 0.103. The van der Waals surface area contributed by atoms with Crippen molar-refractivity contribution >= 4 is 23.6 Å². The second-order valence-corrected chi connectivity index (χ2v) is 5.83. The van der Waals surface area contributed by atoms with Gasteiger partial charge in [-0.05, 0) is 11.7 Å². The van der Waals surface area contributed by atoms with Crippen LogP contribution in [0.15, 0.2) is 0 Å². The molecule has 1 saturated heterocycles. The van der Waals surface area contributed by atoms with Gasteiger partial charge < -0.3 is 9.80 Å². The zero-order chi connectivity index (χ0) is 12.8. The first-order valence-corrected chi connectivity index (χ1v) is 7.27. The third-order valence-electron chi connectivity index (χ3n) is 2.75. The third-order valence-corrected chi connectivity index (χ3v) is 4.11. The molecule has 0 spiro atoms. The number of rotatable bonds is 4. The Hall–Kier alpha value is -0.710. The molecule has 0 aromatic heterocycles. The minimum absolute atomic E-state index is 0.103. The van der Waals surface area contributed by atoms with Crippen LogP contribution in [0.2, 0.25) is 0 Å². The molecule has 0 saturated carbocycles. The van der Waals surface area contributed by atoms with Crippen molar-refractivity contribution in [1.29, 1.82) is 0 Å². The van der Waals surface area contributed by atoms with Gasteiger partial charge in [0.05, 0.1) is 5.75 Å². The van der Waals surface area contributed by atoms with Gasteiger partial charge in [-0.25, -0.2) is 0 Å². The topological polar surface area (TPSA) is 40.6 Å². The third kappa shape index (κ3) is 4.98. The van der Waals surface area contributed by atoms with E-state index in [1.165, 1.54) is 0 Å². The average Bonchev–Trinajstić information content (AvgIpc) is 2.28. The molecule has 17 heavy (non-hydrogen) atoms. The number of piperazine rings is 1. The van der Waals surface area contributed by atoms with E-state index in [4.69, 9.17) is 0 Å². The van der Waals surface area contributed by atoms with Crippen molar-refractivity contribution in [3.63, 3.8) is 0 Å². The van der Waals surface area contributed by atoms with E-state index in [0.29, 0.717) is 37.8 Å². The van der Waals surface area contributed by atoms with Crippen LogP contribution in [0.4, 0.5) is 0 Å². The lowest BCUT2D eigenvalue weighted by atomic mass is 10.3. The van der Waals surface area contributed by atoms with Crippen molar-refractivity contribution in [3.8, 4) is 0 Å². The van der Waals surface area contributed by atoms with Crippen molar-refractivity contribution in [2.45, 2.75) is 20.8 Å². The lowest BCUT2D eigenvalue weighted by Crippen LogP contribution is -2.50. The van der Waals surface area contributed by atoms with Gasteiger partial charge in [0.25, 0.3) is 0 Å². The second-order valence-electron chi connectivity index (χ2n) is 4.80. The predicted octanol–water partition coefficient (Wildman–Crippen LogP) is 1.07. The van der Waals surface area contributed by atoms with E-state index in [1.807, 2.05) is 4.90 Å². The normalized spacial score (nSPS) is 16.5. The number of carbonyl (C=O) groups is 2. The maximum Gasteiger partial charge on any atom is 0.232 e. The Kier molecular flexibility index (Phi) is 5.82. The van der Waals surface area contributed by atoms with Crippen molar-refractivity contribution in [3.05, 3.63) is 0 Å². The van der Waals surface area contributed by atoms with Gasteiger partial charge in [-0.3, -0.25) is 9.59 Å². The summed E-state index contributed by atoms with van der Waals surface area (Å²) in [5, 5.41) is 0. The van der Waals surface area contributed by atoms with Crippen LogP contribution in [-0.2, 0) is 9.59 Å². The Labute approximate surface area is 108 Å². The lowest BCUT2D eigenvalue weighted by molar-refractivity contribution is -0.136. The number of thioether (sulfide) groups is 1. The molecule has 0 unspecified atom stereocenters. The number of amides is 2. The maximum atomic E-state index is 11.9. The Bertz CT molecular complexity index is 274. The molecular formula is C12H22N2O2S. The quantitative estimate of drug-likeness (QED) is 0.757. The van der Waals surface area contributed by atoms with E-state index in [0.717, 1.165) is 5.75 Å². The summed E-state index contributed by atoms with van der Waals surface area (Å²) in [5.41, 5.74) is 0. The van der Waals surface area contributed by atoms with Crippen LogP contribution in [0.25, 0.3) is 0 Å². The number of hydrogen-bond acceptors (Lipinski definition) is 3. The van der Waals surface area contributed by atoms with Crippen molar-refractivity contribution < 1.29 is 9.59 Å². The van der Waals surface area contributed by atoms with Crippen molar-refractivity contribution in [1.82, 2.24) is 9.80 Å². The molecule has 4 nitrogen and oxygen atoms in total. The zero-order valence-electron chi connectivity index (χ0n) is 10.9. The first kappa shape index (κ1) is 14.4. The molecule has 0 aromatic rings. The Morgan fingerprint density at radius 2 is 1.65 bits per heavy atom. The van der Waals surface area contributed by atoms with Gasteiger partial charge in [0.1, 0.15) is 0 Å². The molecule has 5 heteroatoms. The highest BCUT2D eigenvalue weighted by Crippen LogP contribution is 2.10. The van der Waals surface area contributed by atoms with E-state index >= 15 is 0 Å². The summed E-state index contributed by atoms with van der Waals surface area (Å²) in [6.45, 7) is 8.61. The fourth-order valence-corrected chi connectivity index (χ4v) is 2.69. The van der Waals surface area contributed by atoms with Gasteiger partial charge in [-0.1, -0.05) is 13.8 Å². The summed E-state index contributed by atoms with van der Waals surface area (Å²) in [4.78, 5) is 26.7. The molecule has 0 N–H and O–H groups in total. The van der Waals surface area contributed by atoms with Gasteiger partial charge in [0, 0.05) is 33.1 Å². The van der Waals surface area contributed by atoms with E-state index in [-0.39, 0.29) is 11.8 Å². The standard InChI is InChI=1S/C12H22N2O2S/c1-10(2)8-17-9-12(16)14-6-4-13(5-7-14)11(3)15/h10H,4-9H2,1-3H3. The van der Waals surface area contributed by atoms with Crippen molar-refractivity contribution in [2.75, 3.05) is 37.7 Å². The van der Waals surface area contributed by atoms with Crippen LogP contribution >= 0.6 is 11.8 Å². The first-order valence-electron chi connectivity index (χ1n) is 6.11. The molecule has 0 atom stereocenters. The van der Waals surface area contributed by atoms with Crippen LogP contribution in [0.3, 0.4) is 0 Å². The molecule has 0 aromatic carbocycles. The van der Waals surface area contributed by atoms with Crippen LogP contribution < -0.4 is 0 Å². The molecule has 1 rings (SSSR count). The molecule has 1 aliphatic heterocycles. The fraction of sp³-hybridized carbons (Fsp3) is 0.833. The van der Waals surface area contributed by atoms with Gasteiger partial charge in [0.15, 0.2) is 0 Å². The number of nitrogens with zero attached hydrogens (tertiary/aromatic N) is 2. The molecule has 0 aliphatic carbocycles. The smallest absolute Gasteiger partial charge is 0.232 e. The summed E-state index contributed by atoms with van der Waals surface area (Å²) in [7, 11) is 0.